The van der Waals surface area contributed by atoms with Gasteiger partial charge in [-0.25, -0.2) is 0 Å². The number of hydrogen-bond acceptors (Lipinski definition) is 2. The number of hydrogen-bond donors (Lipinski definition) is 0. The highest BCUT2D eigenvalue weighted by Crippen LogP contribution is 2.52. The Morgan fingerprint density at radius 2 is 2.00 bits per heavy atom. The van der Waals surface area contributed by atoms with Crippen molar-refractivity contribution in [2.24, 2.45) is 10.8 Å². The van der Waals surface area contributed by atoms with Gasteiger partial charge in [0.05, 0.1) is 7.11 Å². The Morgan fingerprint density at radius 1 is 1.24 bits per heavy atom. The Balaban J connectivity index is 1.76. The summed E-state index contributed by atoms with van der Waals surface area (Å²) in [4.78, 5) is 2.72. The normalized spacial score (nSPS) is 31.4. The summed E-state index contributed by atoms with van der Waals surface area (Å²) in [7, 11) is 1.74. The third-order valence-electron chi connectivity index (χ3n) is 5.37. The van der Waals surface area contributed by atoms with Crippen LogP contribution in [0, 0.1) is 17.8 Å². The number of ether oxygens (including phenoxy) is 1. The molecule has 0 N–H and O–H groups in total. The van der Waals surface area contributed by atoms with E-state index in [-0.39, 0.29) is 0 Å². The number of fused-ring (bicyclic) bond motifs is 2. The minimum Gasteiger partial charge on any atom is -0.496 e. The number of nitrogens with zero attached hydrogens (tertiary/aromatic N) is 1. The lowest BCUT2D eigenvalue weighted by Crippen LogP contribution is -2.34. The average Bonchev–Trinajstić information content (AvgIpc) is 2.58. The molecule has 0 radical (unpaired) electrons. The van der Waals surface area contributed by atoms with Gasteiger partial charge in [-0.1, -0.05) is 32.9 Å². The molecule has 1 aliphatic heterocycles. The van der Waals surface area contributed by atoms with E-state index in [4.69, 9.17) is 4.74 Å². The van der Waals surface area contributed by atoms with Gasteiger partial charge in [-0.3, -0.25) is 4.90 Å². The summed E-state index contributed by atoms with van der Waals surface area (Å²) in [5.74, 6) is 0.993. The van der Waals surface area contributed by atoms with Crippen molar-refractivity contribution >= 4 is 0 Å². The predicted molar refractivity (Wildman–Crippen MR) is 87.7 cm³/mol. The Bertz CT molecular complexity index is 536. The lowest BCUT2D eigenvalue weighted by molar-refractivity contribution is 0.126. The molecule has 0 spiro atoms. The first kappa shape index (κ1) is 14.9. The smallest absolute Gasteiger partial charge is 0.121 e. The molecule has 2 nitrogen and oxygen atoms in total. The maximum Gasteiger partial charge on any atom is 0.121 e. The molecule has 1 saturated carbocycles. The molecule has 21 heavy (non-hydrogen) atoms. The zero-order chi connectivity index (χ0) is 15.3. The molecule has 2 atom stereocenters. The van der Waals surface area contributed by atoms with Crippen LogP contribution >= 0.6 is 0 Å². The average molecular weight is 287 g/mol. The van der Waals surface area contributed by atoms with Crippen molar-refractivity contribution in [1.82, 2.24) is 4.90 Å². The Morgan fingerprint density at radius 3 is 2.67 bits per heavy atom. The fraction of sp³-hybridized carbons (Fsp3) is 0.684. The van der Waals surface area contributed by atoms with E-state index in [1.165, 1.54) is 36.9 Å². The molecule has 1 aromatic rings. The van der Waals surface area contributed by atoms with Crippen LogP contribution in [0.2, 0.25) is 0 Å². The standard InChI is InChI=1S/C19H29NO/c1-14-8-15(6-7-17(14)21-5)11-20-13-19(4)10-16(20)9-18(2,3)12-19/h6-8,16H,9-13H2,1-5H3/t16-,19-/m0/s1. The third-order valence-corrected chi connectivity index (χ3v) is 5.37. The highest BCUT2D eigenvalue weighted by atomic mass is 16.5. The second-order valence-electron chi connectivity index (χ2n) is 8.42. The van der Waals surface area contributed by atoms with E-state index in [1.807, 2.05) is 0 Å². The van der Waals surface area contributed by atoms with Crippen molar-refractivity contribution in [3.63, 3.8) is 0 Å². The molecule has 1 aromatic carbocycles. The van der Waals surface area contributed by atoms with Crippen molar-refractivity contribution < 1.29 is 4.74 Å². The second-order valence-corrected chi connectivity index (χ2v) is 8.42. The van der Waals surface area contributed by atoms with E-state index >= 15 is 0 Å². The van der Waals surface area contributed by atoms with Crippen LogP contribution in [0.5, 0.6) is 5.75 Å². The largest absolute Gasteiger partial charge is 0.496 e. The van der Waals surface area contributed by atoms with Gasteiger partial charge in [-0.05, 0) is 54.2 Å². The van der Waals surface area contributed by atoms with Crippen molar-refractivity contribution in [3.05, 3.63) is 29.3 Å². The van der Waals surface area contributed by atoms with Crippen molar-refractivity contribution in [1.29, 1.82) is 0 Å². The Labute approximate surface area is 129 Å². The van der Waals surface area contributed by atoms with Crippen LogP contribution in [-0.2, 0) is 6.54 Å². The quantitative estimate of drug-likeness (QED) is 0.817. The number of benzene rings is 1. The maximum atomic E-state index is 5.37. The van der Waals surface area contributed by atoms with Crippen molar-refractivity contribution in [2.45, 2.75) is 59.5 Å². The second kappa shape index (κ2) is 5.01. The van der Waals surface area contributed by atoms with Crippen LogP contribution < -0.4 is 4.74 Å². The highest BCUT2D eigenvalue weighted by molar-refractivity contribution is 5.36. The molecule has 0 aromatic heterocycles. The topological polar surface area (TPSA) is 12.5 Å². The molecular formula is C19H29NO. The van der Waals surface area contributed by atoms with Crippen LogP contribution in [0.15, 0.2) is 18.2 Å². The van der Waals surface area contributed by atoms with E-state index in [0.717, 1.165) is 18.3 Å². The minimum atomic E-state index is 0.502. The van der Waals surface area contributed by atoms with Crippen molar-refractivity contribution in [3.8, 4) is 5.75 Å². The number of aryl methyl sites for hydroxylation is 1. The van der Waals surface area contributed by atoms with E-state index in [0.29, 0.717) is 10.8 Å². The minimum absolute atomic E-state index is 0.502. The highest BCUT2D eigenvalue weighted by Gasteiger charge is 2.49. The summed E-state index contributed by atoms with van der Waals surface area (Å²) < 4.78 is 5.37. The molecule has 1 aliphatic carbocycles. The Kier molecular flexibility index (Phi) is 3.56. The van der Waals surface area contributed by atoms with Crippen molar-refractivity contribution in [2.75, 3.05) is 13.7 Å². The maximum absolute atomic E-state index is 5.37. The van der Waals surface area contributed by atoms with Gasteiger partial charge in [0.2, 0.25) is 0 Å². The van der Waals surface area contributed by atoms with Gasteiger partial charge in [0, 0.05) is 19.1 Å². The molecule has 2 bridgehead atoms. The first-order valence-electron chi connectivity index (χ1n) is 8.18. The number of likely N-dealkylation sites (tertiary alicyclic amines) is 1. The van der Waals surface area contributed by atoms with Crippen LogP contribution in [0.4, 0.5) is 0 Å². The zero-order valence-electron chi connectivity index (χ0n) is 14.2. The molecule has 2 heteroatoms. The van der Waals surface area contributed by atoms with Gasteiger partial charge < -0.3 is 4.74 Å². The van der Waals surface area contributed by atoms with E-state index < -0.39 is 0 Å². The first-order valence-corrected chi connectivity index (χ1v) is 8.18. The lowest BCUT2D eigenvalue weighted by atomic mass is 9.65. The van der Waals surface area contributed by atoms with E-state index in [2.05, 4.69) is 50.8 Å². The zero-order valence-corrected chi connectivity index (χ0v) is 14.2. The van der Waals surface area contributed by atoms with Crippen LogP contribution in [-0.4, -0.2) is 24.6 Å². The Hall–Kier alpha value is -1.02. The molecule has 2 aliphatic rings. The molecule has 2 fully saturated rings. The predicted octanol–water partition coefficient (Wildman–Crippen LogP) is 4.40. The molecule has 0 amide bonds. The molecule has 116 valence electrons. The van der Waals surface area contributed by atoms with Crippen LogP contribution in [0.1, 0.15) is 51.2 Å². The van der Waals surface area contributed by atoms with Crippen LogP contribution in [0.25, 0.3) is 0 Å². The van der Waals surface area contributed by atoms with E-state index in [9.17, 15) is 0 Å². The molecule has 0 unspecified atom stereocenters. The SMILES string of the molecule is COc1ccc(CN2C[C@@]3(C)C[C@@H]2CC(C)(C)C3)cc1C. The fourth-order valence-electron chi connectivity index (χ4n) is 5.03. The summed E-state index contributed by atoms with van der Waals surface area (Å²) in [6.45, 7) is 11.8. The van der Waals surface area contributed by atoms with Crippen LogP contribution in [0.3, 0.4) is 0 Å². The third kappa shape index (κ3) is 2.96. The fourth-order valence-corrected chi connectivity index (χ4v) is 5.03. The van der Waals surface area contributed by atoms with Gasteiger partial charge in [0.15, 0.2) is 0 Å². The number of methoxy groups -OCH3 is 1. The van der Waals surface area contributed by atoms with Gasteiger partial charge >= 0.3 is 0 Å². The summed E-state index contributed by atoms with van der Waals surface area (Å²) in [5, 5.41) is 0. The monoisotopic (exact) mass is 287 g/mol. The summed E-state index contributed by atoms with van der Waals surface area (Å²) >= 11 is 0. The molecule has 3 rings (SSSR count). The lowest BCUT2D eigenvalue weighted by Gasteiger charge is -2.40. The van der Waals surface area contributed by atoms with E-state index in [1.54, 1.807) is 7.11 Å². The summed E-state index contributed by atoms with van der Waals surface area (Å²) in [5.41, 5.74) is 3.68. The molecular weight excluding hydrogens is 258 g/mol. The van der Waals surface area contributed by atoms with Gasteiger partial charge in [0.1, 0.15) is 5.75 Å². The van der Waals surface area contributed by atoms with Gasteiger partial charge in [0.25, 0.3) is 0 Å². The molecule has 1 saturated heterocycles. The molecule has 1 heterocycles. The summed E-state index contributed by atoms with van der Waals surface area (Å²) in [6.07, 6.45) is 4.10. The first-order chi connectivity index (χ1) is 9.80. The summed E-state index contributed by atoms with van der Waals surface area (Å²) in [6, 6.07) is 7.38. The van der Waals surface area contributed by atoms with Gasteiger partial charge in [-0.15, -0.1) is 0 Å². The number of rotatable bonds is 3. The van der Waals surface area contributed by atoms with Gasteiger partial charge in [-0.2, -0.15) is 0 Å².